The number of rotatable bonds is 6. The zero-order valence-corrected chi connectivity index (χ0v) is 12.1. The summed E-state index contributed by atoms with van der Waals surface area (Å²) in [5.41, 5.74) is 1.99. The molecule has 0 saturated heterocycles. The third kappa shape index (κ3) is 4.24. The van der Waals surface area contributed by atoms with Crippen molar-refractivity contribution in [1.82, 2.24) is 0 Å². The van der Waals surface area contributed by atoms with Gasteiger partial charge in [0, 0.05) is 6.42 Å². The normalized spacial score (nSPS) is 11.7. The molecule has 2 rings (SSSR count). The van der Waals surface area contributed by atoms with Crippen LogP contribution in [-0.2, 0) is 11.2 Å². The monoisotopic (exact) mass is 286 g/mol. The highest BCUT2D eigenvalue weighted by Gasteiger charge is 2.20. The molecule has 0 aliphatic rings. The maximum atomic E-state index is 11.3. The number of carboxylic acids is 1. The molecule has 1 atom stereocenters. The van der Waals surface area contributed by atoms with Crippen LogP contribution in [0.4, 0.5) is 0 Å². The molecule has 2 aromatic rings. The first-order valence-electron chi connectivity index (χ1n) is 6.67. The van der Waals surface area contributed by atoms with Gasteiger partial charge in [-0.3, -0.25) is 0 Å². The van der Waals surface area contributed by atoms with Crippen LogP contribution in [0.5, 0.6) is 11.5 Å². The van der Waals surface area contributed by atoms with Crippen LogP contribution < -0.4 is 9.47 Å². The van der Waals surface area contributed by atoms with E-state index in [9.17, 15) is 9.90 Å². The zero-order chi connectivity index (χ0) is 15.2. The van der Waals surface area contributed by atoms with Gasteiger partial charge in [-0.2, -0.15) is 0 Å². The lowest BCUT2D eigenvalue weighted by molar-refractivity contribution is -0.145. The average molecular weight is 286 g/mol. The minimum atomic E-state index is -0.980. The van der Waals surface area contributed by atoms with Crippen molar-refractivity contribution in [3.8, 4) is 11.5 Å². The number of hydrogen-bond acceptors (Lipinski definition) is 3. The number of ether oxygens (including phenoxy) is 2. The summed E-state index contributed by atoms with van der Waals surface area (Å²) in [6.45, 7) is 1.97. The molecule has 110 valence electrons. The van der Waals surface area contributed by atoms with Crippen LogP contribution in [0.15, 0.2) is 48.5 Å². The van der Waals surface area contributed by atoms with Crippen molar-refractivity contribution in [2.45, 2.75) is 19.4 Å². The first-order valence-corrected chi connectivity index (χ1v) is 6.67. The number of aliphatic carboxylic acids is 1. The fraction of sp³-hybridized carbons (Fsp3) is 0.235. The summed E-state index contributed by atoms with van der Waals surface area (Å²) >= 11 is 0. The highest BCUT2D eigenvalue weighted by atomic mass is 16.5. The fourth-order valence-electron chi connectivity index (χ4n) is 1.94. The molecule has 21 heavy (non-hydrogen) atoms. The van der Waals surface area contributed by atoms with Crippen molar-refractivity contribution in [2.75, 3.05) is 7.11 Å². The van der Waals surface area contributed by atoms with Gasteiger partial charge in [-0.25, -0.2) is 4.79 Å². The molecule has 0 amide bonds. The van der Waals surface area contributed by atoms with E-state index in [0.717, 1.165) is 16.9 Å². The van der Waals surface area contributed by atoms with Crippen LogP contribution in [-0.4, -0.2) is 24.3 Å². The Morgan fingerprint density at radius 2 is 1.62 bits per heavy atom. The first-order chi connectivity index (χ1) is 10.1. The SMILES string of the molecule is COc1ccc(C[C@@H](Oc2ccc(C)cc2)C(=O)O)cc1. The van der Waals surface area contributed by atoms with E-state index in [2.05, 4.69) is 0 Å². The molecule has 0 aromatic heterocycles. The summed E-state index contributed by atoms with van der Waals surface area (Å²) in [5.74, 6) is 0.318. The molecule has 0 radical (unpaired) electrons. The Balaban J connectivity index is 2.07. The maximum absolute atomic E-state index is 11.3. The van der Waals surface area contributed by atoms with Gasteiger partial charge in [-0.15, -0.1) is 0 Å². The minimum Gasteiger partial charge on any atom is -0.497 e. The predicted octanol–water partition coefficient (Wildman–Crippen LogP) is 3.08. The molecule has 0 aliphatic carbocycles. The zero-order valence-electron chi connectivity index (χ0n) is 12.1. The second-order valence-corrected chi connectivity index (χ2v) is 4.81. The quantitative estimate of drug-likeness (QED) is 0.886. The number of hydrogen-bond donors (Lipinski definition) is 1. The first kappa shape index (κ1) is 14.9. The molecule has 0 fully saturated rings. The lowest BCUT2D eigenvalue weighted by Gasteiger charge is -2.15. The Labute approximate surface area is 123 Å². The maximum Gasteiger partial charge on any atom is 0.345 e. The minimum absolute atomic E-state index is 0.299. The lowest BCUT2D eigenvalue weighted by atomic mass is 10.1. The predicted molar refractivity (Wildman–Crippen MR) is 79.9 cm³/mol. The average Bonchev–Trinajstić information content (AvgIpc) is 2.49. The third-order valence-corrected chi connectivity index (χ3v) is 3.15. The third-order valence-electron chi connectivity index (χ3n) is 3.15. The molecular formula is C17H18O4. The largest absolute Gasteiger partial charge is 0.497 e. The van der Waals surface area contributed by atoms with Crippen LogP contribution in [0.1, 0.15) is 11.1 Å². The molecule has 2 aromatic carbocycles. The molecule has 0 unspecified atom stereocenters. The van der Waals surface area contributed by atoms with Crippen molar-refractivity contribution in [3.05, 3.63) is 59.7 Å². The molecule has 0 spiro atoms. The number of methoxy groups -OCH3 is 1. The van der Waals surface area contributed by atoms with Crippen LogP contribution in [0, 0.1) is 6.92 Å². The Morgan fingerprint density at radius 3 is 2.14 bits per heavy atom. The highest BCUT2D eigenvalue weighted by Crippen LogP contribution is 2.17. The van der Waals surface area contributed by atoms with Crippen LogP contribution in [0.25, 0.3) is 0 Å². The summed E-state index contributed by atoms with van der Waals surface area (Å²) in [5, 5.41) is 9.30. The molecular weight excluding hydrogens is 268 g/mol. The fourth-order valence-corrected chi connectivity index (χ4v) is 1.94. The number of carbonyl (C=O) groups is 1. The molecule has 0 bridgehead atoms. The van der Waals surface area contributed by atoms with E-state index in [0.29, 0.717) is 12.2 Å². The van der Waals surface area contributed by atoms with E-state index in [1.54, 1.807) is 31.4 Å². The highest BCUT2D eigenvalue weighted by molar-refractivity contribution is 5.73. The smallest absolute Gasteiger partial charge is 0.345 e. The summed E-state index contributed by atoms with van der Waals surface area (Å²) in [6.07, 6.45) is -0.617. The van der Waals surface area contributed by atoms with E-state index in [1.807, 2.05) is 31.2 Å². The van der Waals surface area contributed by atoms with Gasteiger partial charge < -0.3 is 14.6 Å². The van der Waals surface area contributed by atoms with Gasteiger partial charge in [0.05, 0.1) is 7.11 Å². The second-order valence-electron chi connectivity index (χ2n) is 4.81. The van der Waals surface area contributed by atoms with Gasteiger partial charge in [0.25, 0.3) is 0 Å². The summed E-state index contributed by atoms with van der Waals surface area (Å²) in [7, 11) is 1.59. The van der Waals surface area contributed by atoms with Crippen LogP contribution in [0.3, 0.4) is 0 Å². The van der Waals surface area contributed by atoms with E-state index < -0.39 is 12.1 Å². The van der Waals surface area contributed by atoms with Crippen LogP contribution in [0.2, 0.25) is 0 Å². The molecule has 0 saturated carbocycles. The topological polar surface area (TPSA) is 55.8 Å². The molecule has 0 aliphatic heterocycles. The summed E-state index contributed by atoms with van der Waals surface area (Å²) in [6, 6.07) is 14.6. The van der Waals surface area contributed by atoms with Gasteiger partial charge in [-0.1, -0.05) is 29.8 Å². The van der Waals surface area contributed by atoms with Gasteiger partial charge in [0.15, 0.2) is 6.10 Å². The van der Waals surface area contributed by atoms with Gasteiger partial charge in [0.1, 0.15) is 11.5 Å². The van der Waals surface area contributed by atoms with Crippen molar-refractivity contribution in [3.63, 3.8) is 0 Å². The standard InChI is InChI=1S/C17H18O4/c1-12-3-7-15(8-4-12)21-16(17(18)19)11-13-5-9-14(20-2)10-6-13/h3-10,16H,11H2,1-2H3,(H,18,19)/t16-/m1/s1. The summed E-state index contributed by atoms with van der Waals surface area (Å²) in [4.78, 5) is 11.3. The van der Waals surface area contributed by atoms with Crippen molar-refractivity contribution < 1.29 is 19.4 Å². The Kier molecular flexibility index (Phi) is 4.82. The van der Waals surface area contributed by atoms with E-state index in [-0.39, 0.29) is 0 Å². The van der Waals surface area contributed by atoms with Crippen molar-refractivity contribution >= 4 is 5.97 Å². The van der Waals surface area contributed by atoms with E-state index in [1.165, 1.54) is 0 Å². The van der Waals surface area contributed by atoms with E-state index in [4.69, 9.17) is 9.47 Å². The number of benzene rings is 2. The molecule has 1 N–H and O–H groups in total. The molecule has 4 heteroatoms. The van der Waals surface area contributed by atoms with Gasteiger partial charge in [0.2, 0.25) is 0 Å². The molecule has 0 heterocycles. The Hall–Kier alpha value is -2.49. The second kappa shape index (κ2) is 6.79. The van der Waals surface area contributed by atoms with E-state index >= 15 is 0 Å². The van der Waals surface area contributed by atoms with Gasteiger partial charge >= 0.3 is 5.97 Å². The molecule has 4 nitrogen and oxygen atoms in total. The Bertz CT molecular complexity index is 587. The van der Waals surface area contributed by atoms with Crippen molar-refractivity contribution in [2.24, 2.45) is 0 Å². The Morgan fingerprint density at radius 1 is 1.05 bits per heavy atom. The number of carboxylic acid groups (broad SMARTS) is 1. The summed E-state index contributed by atoms with van der Waals surface area (Å²) < 4.78 is 10.6. The van der Waals surface area contributed by atoms with Crippen molar-refractivity contribution in [1.29, 1.82) is 0 Å². The number of aryl methyl sites for hydroxylation is 1. The lowest BCUT2D eigenvalue weighted by Crippen LogP contribution is -2.29. The van der Waals surface area contributed by atoms with Gasteiger partial charge in [-0.05, 0) is 36.8 Å². The van der Waals surface area contributed by atoms with Crippen LogP contribution >= 0.6 is 0 Å².